The van der Waals surface area contributed by atoms with E-state index in [1.165, 1.54) is 17.5 Å². The van der Waals surface area contributed by atoms with Crippen LogP contribution in [0.2, 0.25) is 0 Å². The monoisotopic (exact) mass is 277 g/mol. The van der Waals surface area contributed by atoms with Crippen LogP contribution < -0.4 is 10.6 Å². The van der Waals surface area contributed by atoms with Gasteiger partial charge >= 0.3 is 0 Å². The normalized spacial score (nSPS) is 11.9. The van der Waals surface area contributed by atoms with Crippen molar-refractivity contribution < 1.29 is 9.90 Å². The van der Waals surface area contributed by atoms with Gasteiger partial charge in [0.25, 0.3) is 5.91 Å². The molecule has 1 aromatic heterocycles. The predicted molar refractivity (Wildman–Crippen MR) is 75.4 cm³/mol. The quantitative estimate of drug-likeness (QED) is 0.777. The third-order valence-electron chi connectivity index (χ3n) is 2.63. The number of aromatic nitrogens is 1. The van der Waals surface area contributed by atoms with Crippen LogP contribution in [-0.4, -0.2) is 29.7 Å². The lowest BCUT2D eigenvalue weighted by Crippen LogP contribution is -2.30. The maximum Gasteiger partial charge on any atom is 0.263 e. The molecule has 0 aliphatic heterocycles. The van der Waals surface area contributed by atoms with E-state index in [2.05, 4.69) is 15.6 Å². The molecule has 0 bridgehead atoms. The van der Waals surface area contributed by atoms with E-state index >= 15 is 0 Å². The van der Waals surface area contributed by atoms with Crippen molar-refractivity contribution in [2.24, 2.45) is 0 Å². The highest BCUT2D eigenvalue weighted by atomic mass is 32.1. The average molecular weight is 277 g/mol. The highest BCUT2D eigenvalue weighted by Crippen LogP contribution is 2.19. The fourth-order valence-electron chi connectivity index (χ4n) is 1.64. The highest BCUT2D eigenvalue weighted by Gasteiger charge is 2.16. The zero-order valence-electron chi connectivity index (χ0n) is 10.5. The van der Waals surface area contributed by atoms with Gasteiger partial charge in [-0.2, -0.15) is 0 Å². The van der Waals surface area contributed by atoms with E-state index in [-0.39, 0.29) is 12.5 Å². The maximum atomic E-state index is 12.0. The Hall–Kier alpha value is -1.92. The van der Waals surface area contributed by atoms with Crippen molar-refractivity contribution in [3.63, 3.8) is 0 Å². The van der Waals surface area contributed by atoms with Gasteiger partial charge in [0, 0.05) is 7.05 Å². The Bertz CT molecular complexity index is 542. The maximum absolute atomic E-state index is 12.0. The molecule has 0 aliphatic rings. The van der Waals surface area contributed by atoms with Gasteiger partial charge in [-0.3, -0.25) is 4.79 Å². The van der Waals surface area contributed by atoms with Crippen LogP contribution in [-0.2, 0) is 0 Å². The molecular weight excluding hydrogens is 262 g/mol. The zero-order chi connectivity index (χ0) is 13.7. The van der Waals surface area contributed by atoms with Crippen molar-refractivity contribution in [1.82, 2.24) is 10.3 Å². The van der Waals surface area contributed by atoms with Gasteiger partial charge in [-0.25, -0.2) is 4.98 Å². The van der Waals surface area contributed by atoms with Crippen LogP contribution in [0.3, 0.4) is 0 Å². The fourth-order valence-corrected chi connectivity index (χ4v) is 2.32. The molecule has 100 valence electrons. The number of anilines is 1. The van der Waals surface area contributed by atoms with Gasteiger partial charge in [-0.1, -0.05) is 41.7 Å². The molecule has 0 saturated carbocycles. The molecule has 5 nitrogen and oxygen atoms in total. The molecule has 0 aliphatic carbocycles. The molecule has 1 heterocycles. The second kappa shape index (κ2) is 6.31. The summed E-state index contributed by atoms with van der Waals surface area (Å²) < 4.78 is 0. The van der Waals surface area contributed by atoms with Gasteiger partial charge in [0.2, 0.25) is 0 Å². The van der Waals surface area contributed by atoms with Crippen LogP contribution >= 0.6 is 11.3 Å². The van der Waals surface area contributed by atoms with E-state index in [1.54, 1.807) is 7.05 Å². The number of carbonyl (C=O) groups excluding carboxylic acids is 1. The van der Waals surface area contributed by atoms with Gasteiger partial charge in [0.05, 0.1) is 18.8 Å². The highest BCUT2D eigenvalue weighted by molar-refractivity contribution is 7.17. The third-order valence-corrected chi connectivity index (χ3v) is 3.65. The lowest BCUT2D eigenvalue weighted by atomic mass is 10.1. The Morgan fingerprint density at radius 1 is 1.42 bits per heavy atom. The minimum Gasteiger partial charge on any atom is -0.394 e. The second-order valence-electron chi connectivity index (χ2n) is 3.90. The summed E-state index contributed by atoms with van der Waals surface area (Å²) in [4.78, 5) is 16.6. The van der Waals surface area contributed by atoms with E-state index in [9.17, 15) is 9.90 Å². The van der Waals surface area contributed by atoms with Gasteiger partial charge in [-0.15, -0.1) is 0 Å². The number of aliphatic hydroxyl groups excluding tert-OH is 1. The first-order chi connectivity index (χ1) is 9.24. The van der Waals surface area contributed by atoms with Gasteiger partial charge in [0.15, 0.2) is 5.13 Å². The van der Waals surface area contributed by atoms with Gasteiger partial charge in [-0.05, 0) is 5.56 Å². The number of nitrogens with one attached hydrogen (secondary N) is 2. The van der Waals surface area contributed by atoms with Crippen molar-refractivity contribution in [2.75, 3.05) is 19.0 Å². The van der Waals surface area contributed by atoms with Gasteiger partial charge in [0.1, 0.15) is 4.88 Å². The molecule has 0 unspecified atom stereocenters. The molecule has 0 radical (unpaired) electrons. The van der Waals surface area contributed by atoms with Crippen molar-refractivity contribution in [2.45, 2.75) is 6.04 Å². The molecule has 0 fully saturated rings. The Morgan fingerprint density at radius 3 is 2.74 bits per heavy atom. The zero-order valence-corrected chi connectivity index (χ0v) is 11.3. The number of thiazole rings is 1. The van der Waals surface area contributed by atoms with Gasteiger partial charge < -0.3 is 15.7 Å². The molecule has 1 aromatic carbocycles. The number of hydrogen-bond acceptors (Lipinski definition) is 5. The summed E-state index contributed by atoms with van der Waals surface area (Å²) >= 11 is 1.27. The van der Waals surface area contributed by atoms with Crippen LogP contribution in [0.25, 0.3) is 0 Å². The molecule has 2 aromatic rings. The molecule has 19 heavy (non-hydrogen) atoms. The first kappa shape index (κ1) is 13.5. The topological polar surface area (TPSA) is 74.2 Å². The van der Waals surface area contributed by atoms with E-state index in [0.717, 1.165) is 5.56 Å². The number of aliphatic hydroxyl groups is 1. The number of nitrogens with zero attached hydrogens (tertiary/aromatic N) is 1. The summed E-state index contributed by atoms with van der Waals surface area (Å²) in [6.45, 7) is -0.145. The molecule has 1 amide bonds. The lowest BCUT2D eigenvalue weighted by molar-refractivity contribution is 0.0920. The van der Waals surface area contributed by atoms with Crippen LogP contribution in [0.15, 0.2) is 36.5 Å². The molecule has 0 saturated heterocycles. The molecular formula is C13H15N3O2S. The Kier molecular flexibility index (Phi) is 4.48. The first-order valence-electron chi connectivity index (χ1n) is 5.85. The Morgan fingerprint density at radius 2 is 2.16 bits per heavy atom. The molecule has 3 N–H and O–H groups in total. The SMILES string of the molecule is CNc1ncc(C(=O)N[C@H](CO)c2ccccc2)s1. The van der Waals surface area contributed by atoms with Crippen molar-refractivity contribution in [3.05, 3.63) is 47.0 Å². The van der Waals surface area contributed by atoms with Crippen molar-refractivity contribution in [3.8, 4) is 0 Å². The van der Waals surface area contributed by atoms with Crippen molar-refractivity contribution in [1.29, 1.82) is 0 Å². The van der Waals surface area contributed by atoms with Crippen molar-refractivity contribution >= 4 is 22.4 Å². The Balaban J connectivity index is 2.08. The standard InChI is InChI=1S/C13H15N3O2S/c1-14-13-15-7-11(19-13)12(18)16-10(8-17)9-5-3-2-4-6-9/h2-7,10,17H,8H2,1H3,(H,14,15)(H,16,18)/t10-/m1/s1. The predicted octanol–water partition coefficient (Wildman–Crippen LogP) is 1.65. The summed E-state index contributed by atoms with van der Waals surface area (Å²) in [7, 11) is 1.75. The second-order valence-corrected chi connectivity index (χ2v) is 4.93. The summed E-state index contributed by atoms with van der Waals surface area (Å²) in [6, 6.07) is 8.96. The Labute approximate surface area is 115 Å². The minimum absolute atomic E-state index is 0.145. The molecule has 2 rings (SSSR count). The van der Waals surface area contributed by atoms with Crippen LogP contribution in [0.4, 0.5) is 5.13 Å². The largest absolute Gasteiger partial charge is 0.394 e. The summed E-state index contributed by atoms with van der Waals surface area (Å²) in [5.74, 6) is -0.234. The fraction of sp³-hybridized carbons (Fsp3) is 0.231. The van der Waals surface area contributed by atoms with E-state index in [1.807, 2.05) is 30.3 Å². The number of benzene rings is 1. The summed E-state index contributed by atoms with van der Waals surface area (Å²) in [6.07, 6.45) is 1.52. The number of carbonyl (C=O) groups is 1. The van der Waals surface area contributed by atoms with Crippen LogP contribution in [0.1, 0.15) is 21.3 Å². The van der Waals surface area contributed by atoms with Crippen LogP contribution in [0.5, 0.6) is 0 Å². The number of hydrogen-bond donors (Lipinski definition) is 3. The number of amides is 1. The lowest BCUT2D eigenvalue weighted by Gasteiger charge is -2.15. The van der Waals surface area contributed by atoms with E-state index in [0.29, 0.717) is 10.0 Å². The first-order valence-corrected chi connectivity index (χ1v) is 6.66. The average Bonchev–Trinajstić information content (AvgIpc) is 2.94. The minimum atomic E-state index is -0.408. The number of rotatable bonds is 5. The summed E-state index contributed by atoms with van der Waals surface area (Å²) in [5, 5.41) is 15.7. The molecule has 0 spiro atoms. The van der Waals surface area contributed by atoms with E-state index in [4.69, 9.17) is 0 Å². The smallest absolute Gasteiger partial charge is 0.263 e. The summed E-state index contributed by atoms with van der Waals surface area (Å²) in [5.41, 5.74) is 0.872. The molecule has 6 heteroatoms. The van der Waals surface area contributed by atoms with E-state index < -0.39 is 6.04 Å². The molecule has 1 atom stereocenters. The van der Waals surface area contributed by atoms with Crippen LogP contribution in [0, 0.1) is 0 Å². The third kappa shape index (κ3) is 3.30.